The van der Waals surface area contributed by atoms with Gasteiger partial charge in [0.25, 0.3) is 0 Å². The Morgan fingerprint density at radius 1 is 1.19 bits per heavy atom. The van der Waals surface area contributed by atoms with Gasteiger partial charge in [0.15, 0.2) is 5.13 Å². The number of thiazole rings is 1. The lowest BCUT2D eigenvalue weighted by atomic mass is 9.73. The van der Waals surface area contributed by atoms with Gasteiger partial charge >= 0.3 is 0 Å². The van der Waals surface area contributed by atoms with Crippen LogP contribution in [0.15, 0.2) is 0 Å². The van der Waals surface area contributed by atoms with Crippen LogP contribution >= 0.6 is 11.3 Å². The molecule has 1 N–H and O–H groups in total. The van der Waals surface area contributed by atoms with E-state index in [1.807, 2.05) is 0 Å². The van der Waals surface area contributed by atoms with E-state index in [0.717, 1.165) is 50.9 Å². The van der Waals surface area contributed by atoms with Crippen molar-refractivity contribution in [3.63, 3.8) is 0 Å². The predicted octanol–water partition coefficient (Wildman–Crippen LogP) is 2.00. The van der Waals surface area contributed by atoms with Crippen LogP contribution in [-0.4, -0.2) is 23.3 Å². The van der Waals surface area contributed by atoms with Crippen molar-refractivity contribution in [2.24, 2.45) is 5.41 Å². The highest BCUT2D eigenvalue weighted by atomic mass is 32.1. The van der Waals surface area contributed by atoms with Crippen LogP contribution in [0, 0.1) is 5.41 Å². The molecule has 3 aliphatic rings. The maximum absolute atomic E-state index is 12.9. The maximum Gasteiger partial charge on any atom is 0.242 e. The van der Waals surface area contributed by atoms with Crippen molar-refractivity contribution in [3.8, 4) is 0 Å². The minimum atomic E-state index is -0.417. The molecule has 1 aromatic rings. The van der Waals surface area contributed by atoms with Gasteiger partial charge in [-0.05, 0) is 12.8 Å². The van der Waals surface area contributed by atoms with Crippen LogP contribution in [-0.2, 0) is 22.6 Å². The maximum atomic E-state index is 12.9. The fourth-order valence-electron chi connectivity index (χ4n) is 3.81. The molecule has 0 aromatic carbocycles. The average Bonchev–Trinajstić information content (AvgIpc) is 3.00. The summed E-state index contributed by atoms with van der Waals surface area (Å²) < 4.78 is 0. The number of nitrogens with one attached hydrogen (secondary N) is 1. The number of amides is 2. The molecule has 1 saturated carbocycles. The van der Waals surface area contributed by atoms with Crippen LogP contribution < -0.4 is 10.2 Å². The third kappa shape index (κ3) is 2.04. The zero-order valence-electron chi connectivity index (χ0n) is 12.0. The van der Waals surface area contributed by atoms with Gasteiger partial charge in [-0.2, -0.15) is 0 Å². The molecule has 4 rings (SSSR count). The van der Waals surface area contributed by atoms with Crippen LogP contribution in [0.3, 0.4) is 0 Å². The highest BCUT2D eigenvalue weighted by Crippen LogP contribution is 2.47. The summed E-state index contributed by atoms with van der Waals surface area (Å²) >= 11 is 1.50. The van der Waals surface area contributed by atoms with E-state index < -0.39 is 5.41 Å². The van der Waals surface area contributed by atoms with E-state index in [2.05, 4.69) is 10.3 Å². The number of nitrogens with zero attached hydrogens (tertiary/aromatic N) is 2. The van der Waals surface area contributed by atoms with E-state index in [0.29, 0.717) is 11.6 Å². The van der Waals surface area contributed by atoms with Crippen LogP contribution in [0.4, 0.5) is 5.13 Å². The smallest absolute Gasteiger partial charge is 0.242 e. The summed E-state index contributed by atoms with van der Waals surface area (Å²) in [5.41, 5.74) is 0.638. The van der Waals surface area contributed by atoms with Crippen molar-refractivity contribution in [2.45, 2.75) is 51.5 Å². The second-order valence-corrected chi connectivity index (χ2v) is 7.41. The van der Waals surface area contributed by atoms with Gasteiger partial charge in [-0.25, -0.2) is 9.88 Å². The number of hydrogen-bond donors (Lipinski definition) is 1. The first kappa shape index (κ1) is 13.4. The summed E-state index contributed by atoms with van der Waals surface area (Å²) in [6, 6.07) is 0. The largest absolute Gasteiger partial charge is 0.311 e. The predicted molar refractivity (Wildman–Crippen MR) is 80.2 cm³/mol. The molecule has 0 bridgehead atoms. The number of rotatable bonds is 1. The number of hydrogen-bond acceptors (Lipinski definition) is 5. The Morgan fingerprint density at radius 2 is 2.00 bits per heavy atom. The molecule has 1 aromatic heterocycles. The first-order valence-corrected chi connectivity index (χ1v) is 8.58. The first-order chi connectivity index (χ1) is 10.2. The molecule has 2 fully saturated rings. The van der Waals surface area contributed by atoms with E-state index in [9.17, 15) is 9.59 Å². The van der Waals surface area contributed by atoms with Crippen molar-refractivity contribution >= 4 is 28.3 Å². The van der Waals surface area contributed by atoms with E-state index in [1.54, 1.807) is 0 Å². The zero-order valence-corrected chi connectivity index (χ0v) is 12.8. The molecule has 2 aliphatic heterocycles. The summed E-state index contributed by atoms with van der Waals surface area (Å²) in [5, 5.41) is 3.90. The van der Waals surface area contributed by atoms with Gasteiger partial charge in [0.05, 0.1) is 11.1 Å². The molecular weight excluding hydrogens is 286 g/mol. The summed E-state index contributed by atoms with van der Waals surface area (Å²) in [7, 11) is 0. The highest BCUT2D eigenvalue weighted by Gasteiger charge is 2.52. The number of carbonyl (C=O) groups is 2. The Labute approximate surface area is 127 Å². The van der Waals surface area contributed by atoms with E-state index in [4.69, 9.17) is 0 Å². The Balaban J connectivity index is 1.67. The highest BCUT2D eigenvalue weighted by molar-refractivity contribution is 7.16. The van der Waals surface area contributed by atoms with Gasteiger partial charge in [0.2, 0.25) is 11.8 Å². The second-order valence-electron chi connectivity index (χ2n) is 6.35. The molecule has 1 saturated heterocycles. The van der Waals surface area contributed by atoms with Gasteiger partial charge < -0.3 is 5.32 Å². The monoisotopic (exact) mass is 305 g/mol. The summed E-state index contributed by atoms with van der Waals surface area (Å²) in [5.74, 6) is -0.0489. The molecular formula is C15H19N3O2S. The van der Waals surface area contributed by atoms with Crippen molar-refractivity contribution in [3.05, 3.63) is 10.6 Å². The van der Waals surface area contributed by atoms with E-state index in [1.165, 1.54) is 27.5 Å². The Bertz CT molecular complexity index is 581. The number of carbonyl (C=O) groups excluding carboxylic acids is 2. The van der Waals surface area contributed by atoms with Crippen LogP contribution in [0.2, 0.25) is 0 Å². The minimum Gasteiger partial charge on any atom is -0.311 e. The van der Waals surface area contributed by atoms with Crippen molar-refractivity contribution < 1.29 is 9.59 Å². The zero-order chi connectivity index (χ0) is 14.4. The Morgan fingerprint density at radius 3 is 2.76 bits per heavy atom. The summed E-state index contributed by atoms with van der Waals surface area (Å²) in [4.78, 5) is 32.4. The molecule has 6 heteroatoms. The van der Waals surface area contributed by atoms with Gasteiger partial charge in [-0.3, -0.25) is 9.59 Å². The van der Waals surface area contributed by atoms with Gasteiger partial charge in [-0.1, -0.05) is 30.6 Å². The molecule has 5 nitrogen and oxygen atoms in total. The fourth-order valence-corrected chi connectivity index (χ4v) is 4.91. The molecule has 3 heterocycles. The topological polar surface area (TPSA) is 62.3 Å². The molecule has 2 amide bonds. The fraction of sp³-hybridized carbons (Fsp3) is 0.667. The molecule has 0 radical (unpaired) electrons. The van der Waals surface area contributed by atoms with Crippen molar-refractivity contribution in [2.75, 3.05) is 11.4 Å². The van der Waals surface area contributed by atoms with Crippen molar-refractivity contribution in [1.29, 1.82) is 0 Å². The lowest BCUT2D eigenvalue weighted by molar-refractivity contribution is -0.127. The van der Waals surface area contributed by atoms with Crippen LogP contribution in [0.5, 0.6) is 0 Å². The molecule has 1 spiro atoms. The molecule has 112 valence electrons. The van der Waals surface area contributed by atoms with E-state index in [-0.39, 0.29) is 11.8 Å². The third-order valence-electron chi connectivity index (χ3n) is 4.99. The van der Waals surface area contributed by atoms with Crippen LogP contribution in [0.1, 0.15) is 49.1 Å². The standard InChI is InChI=1S/C15H19N3O2S/c19-12-8-15(5-2-1-3-6-15)13(20)18(12)14-17-10-4-7-16-9-11(10)21-14/h16H,1-9H2. The van der Waals surface area contributed by atoms with Gasteiger partial charge in [-0.15, -0.1) is 0 Å². The summed E-state index contributed by atoms with van der Waals surface area (Å²) in [6.07, 6.45) is 6.29. The average molecular weight is 305 g/mol. The lowest BCUT2D eigenvalue weighted by Crippen LogP contribution is -2.36. The van der Waals surface area contributed by atoms with Crippen LogP contribution in [0.25, 0.3) is 0 Å². The molecule has 0 unspecified atom stereocenters. The number of imide groups is 1. The molecule has 1 aliphatic carbocycles. The second kappa shape index (κ2) is 4.88. The summed E-state index contributed by atoms with van der Waals surface area (Å²) in [6.45, 7) is 1.72. The van der Waals surface area contributed by atoms with Gasteiger partial charge in [0.1, 0.15) is 0 Å². The van der Waals surface area contributed by atoms with Gasteiger partial charge in [0, 0.05) is 30.8 Å². The Hall–Kier alpha value is -1.27. The SMILES string of the molecule is O=C1CC2(CCCCC2)C(=O)N1c1nc2c(s1)CNCC2. The van der Waals surface area contributed by atoms with Crippen molar-refractivity contribution in [1.82, 2.24) is 10.3 Å². The number of aromatic nitrogens is 1. The minimum absolute atomic E-state index is 0.00579. The molecule has 21 heavy (non-hydrogen) atoms. The number of fused-ring (bicyclic) bond motifs is 1. The quantitative estimate of drug-likeness (QED) is 0.806. The number of anilines is 1. The normalized spacial score (nSPS) is 24.7. The Kier molecular flexibility index (Phi) is 3.11. The molecule has 0 atom stereocenters. The van der Waals surface area contributed by atoms with E-state index >= 15 is 0 Å². The first-order valence-electron chi connectivity index (χ1n) is 7.76. The lowest BCUT2D eigenvalue weighted by Gasteiger charge is -2.30. The third-order valence-corrected chi connectivity index (χ3v) is 6.07.